The third-order valence-corrected chi connectivity index (χ3v) is 7.53. The summed E-state index contributed by atoms with van der Waals surface area (Å²) >= 11 is 6.79. The van der Waals surface area contributed by atoms with Crippen LogP contribution in [0.2, 0.25) is 0 Å². The molecule has 0 aliphatic heterocycles. The fourth-order valence-corrected chi connectivity index (χ4v) is 5.66. The first-order valence-electron chi connectivity index (χ1n) is 12.0. The molecule has 1 fully saturated rings. The Bertz CT molecular complexity index is 1370. The monoisotopic (exact) mass is 621 g/mol. The molecule has 8 heteroatoms. The number of carbonyl (C=O) groups excluding carboxylic acids is 2. The first kappa shape index (κ1) is 26.8. The van der Waals surface area contributed by atoms with E-state index in [2.05, 4.69) is 42.2 Å². The predicted octanol–water partition coefficient (Wildman–Crippen LogP) is 6.94. The zero-order valence-corrected chi connectivity index (χ0v) is 23.4. The number of hydrogen-bond acceptors (Lipinski definition) is 5. The predicted molar refractivity (Wildman–Crippen MR) is 149 cm³/mol. The number of rotatable bonds is 7. The van der Waals surface area contributed by atoms with Crippen LogP contribution < -0.4 is 5.32 Å². The minimum absolute atomic E-state index is 0.0000992. The molecule has 1 aliphatic carbocycles. The number of nitriles is 1. The first-order chi connectivity index (χ1) is 17.8. The number of esters is 1. The van der Waals surface area contributed by atoms with E-state index in [1.54, 1.807) is 25.3 Å². The van der Waals surface area contributed by atoms with Gasteiger partial charge in [0.1, 0.15) is 11.6 Å². The number of nitrogens with zero attached hydrogens (tertiary/aromatic N) is 2. The van der Waals surface area contributed by atoms with Crippen LogP contribution in [0.3, 0.4) is 0 Å². The summed E-state index contributed by atoms with van der Waals surface area (Å²) in [6.07, 6.45) is 6.69. The van der Waals surface area contributed by atoms with Crippen LogP contribution in [0.1, 0.15) is 54.2 Å². The van der Waals surface area contributed by atoms with E-state index >= 15 is 0 Å². The summed E-state index contributed by atoms with van der Waals surface area (Å²) in [6, 6.07) is 19.3. The second-order valence-corrected chi connectivity index (χ2v) is 10.6. The molecular formula is C29H25Br2N3O3. The lowest BCUT2D eigenvalue weighted by Gasteiger charge is -2.31. The average Bonchev–Trinajstić information content (AvgIpc) is 3.38. The molecule has 1 N–H and O–H groups in total. The Morgan fingerprint density at radius 1 is 1.08 bits per heavy atom. The second kappa shape index (κ2) is 11.8. The molecule has 1 amide bonds. The van der Waals surface area contributed by atoms with Gasteiger partial charge >= 0.3 is 5.97 Å². The average molecular weight is 623 g/mol. The van der Waals surface area contributed by atoms with Crippen LogP contribution in [0.25, 0.3) is 17.2 Å². The van der Waals surface area contributed by atoms with E-state index in [-0.39, 0.29) is 11.5 Å². The van der Waals surface area contributed by atoms with Gasteiger partial charge in [0.15, 0.2) is 0 Å². The van der Waals surface area contributed by atoms with Crippen molar-refractivity contribution in [1.82, 2.24) is 10.3 Å². The van der Waals surface area contributed by atoms with Crippen LogP contribution in [0.5, 0.6) is 0 Å². The van der Waals surface area contributed by atoms with Crippen molar-refractivity contribution in [3.63, 3.8) is 0 Å². The summed E-state index contributed by atoms with van der Waals surface area (Å²) < 4.78 is 6.53. The van der Waals surface area contributed by atoms with Gasteiger partial charge in [0.25, 0.3) is 5.91 Å². The molecule has 0 unspecified atom stereocenters. The minimum atomic E-state index is -0.538. The van der Waals surface area contributed by atoms with Crippen molar-refractivity contribution in [3.05, 3.63) is 92.1 Å². The lowest BCUT2D eigenvalue weighted by Crippen LogP contribution is -2.44. The molecule has 0 bridgehead atoms. The maximum atomic E-state index is 13.2. The highest BCUT2D eigenvalue weighted by Gasteiger charge is 2.37. The lowest BCUT2D eigenvalue weighted by molar-refractivity contribution is -0.119. The Morgan fingerprint density at radius 2 is 1.70 bits per heavy atom. The number of nitrogens with one attached hydrogen (secondary N) is 1. The van der Waals surface area contributed by atoms with Gasteiger partial charge in [0, 0.05) is 15.1 Å². The highest BCUT2D eigenvalue weighted by molar-refractivity contribution is 9.11. The zero-order chi connectivity index (χ0) is 26.4. The van der Waals surface area contributed by atoms with Gasteiger partial charge < -0.3 is 10.1 Å². The standard InChI is InChI=1S/C29H25Br2N3O3/c1-2-37-28(36)21-7-5-19(6-8-21)20-9-11-23(12-10-20)29(13-3-4-14-29)34-27(35)22(17-32)15-26-25(31)16-24(30)18-33-26/h5-12,15-16,18H,2-4,13-14H2,1H3,(H,34,35)/b22-15+. The second-order valence-electron chi connectivity index (χ2n) is 8.81. The van der Waals surface area contributed by atoms with Gasteiger partial charge in [-0.25, -0.2) is 4.79 Å². The molecular weight excluding hydrogens is 598 g/mol. The van der Waals surface area contributed by atoms with Crippen LogP contribution in [0.4, 0.5) is 0 Å². The van der Waals surface area contributed by atoms with Crippen molar-refractivity contribution in [3.8, 4) is 17.2 Å². The Hall–Kier alpha value is -3.28. The van der Waals surface area contributed by atoms with E-state index in [4.69, 9.17) is 4.74 Å². The van der Waals surface area contributed by atoms with E-state index in [9.17, 15) is 14.9 Å². The molecule has 3 aromatic rings. The van der Waals surface area contributed by atoms with Gasteiger partial charge in [-0.15, -0.1) is 0 Å². The van der Waals surface area contributed by atoms with Crippen molar-refractivity contribution >= 4 is 49.8 Å². The van der Waals surface area contributed by atoms with Gasteiger partial charge in [0.2, 0.25) is 0 Å². The third kappa shape index (κ3) is 6.17. The number of carbonyl (C=O) groups is 2. The number of amides is 1. The van der Waals surface area contributed by atoms with E-state index in [1.807, 2.05) is 48.5 Å². The van der Waals surface area contributed by atoms with Crippen molar-refractivity contribution in [2.24, 2.45) is 0 Å². The zero-order valence-electron chi connectivity index (χ0n) is 20.3. The Balaban J connectivity index is 1.55. The van der Waals surface area contributed by atoms with Crippen LogP contribution >= 0.6 is 31.9 Å². The van der Waals surface area contributed by atoms with Gasteiger partial charge in [-0.05, 0) is 92.6 Å². The third-order valence-electron chi connectivity index (χ3n) is 6.46. The van der Waals surface area contributed by atoms with Gasteiger partial charge in [-0.1, -0.05) is 49.2 Å². The molecule has 0 spiro atoms. The molecule has 1 saturated carbocycles. The molecule has 37 heavy (non-hydrogen) atoms. The summed E-state index contributed by atoms with van der Waals surface area (Å²) in [5.41, 5.74) is 3.47. The fourth-order valence-electron chi connectivity index (χ4n) is 4.56. The molecule has 188 valence electrons. The Labute approximate surface area is 233 Å². The van der Waals surface area contributed by atoms with E-state index < -0.39 is 11.4 Å². The summed E-state index contributed by atoms with van der Waals surface area (Å²) in [5.74, 6) is -0.753. The minimum Gasteiger partial charge on any atom is -0.462 e. The summed E-state index contributed by atoms with van der Waals surface area (Å²) in [5, 5.41) is 12.9. The van der Waals surface area contributed by atoms with Crippen LogP contribution in [0.15, 0.2) is 75.3 Å². The quantitative estimate of drug-likeness (QED) is 0.175. The molecule has 1 aliphatic rings. The largest absolute Gasteiger partial charge is 0.462 e. The number of hydrogen-bond donors (Lipinski definition) is 1. The van der Waals surface area contributed by atoms with Crippen molar-refractivity contribution < 1.29 is 14.3 Å². The fraction of sp³-hybridized carbons (Fsp3) is 0.241. The van der Waals surface area contributed by atoms with Gasteiger partial charge in [0.05, 0.1) is 23.4 Å². The normalized spacial score (nSPS) is 14.6. The van der Waals surface area contributed by atoms with Crippen LogP contribution in [-0.4, -0.2) is 23.5 Å². The number of halogens is 2. The van der Waals surface area contributed by atoms with Crippen molar-refractivity contribution in [2.45, 2.75) is 38.1 Å². The molecule has 2 aromatic carbocycles. The molecule has 0 radical (unpaired) electrons. The highest BCUT2D eigenvalue weighted by atomic mass is 79.9. The molecule has 4 rings (SSSR count). The topological polar surface area (TPSA) is 92.1 Å². The molecule has 1 heterocycles. The van der Waals surface area contributed by atoms with Crippen molar-refractivity contribution in [2.75, 3.05) is 6.61 Å². The Kier molecular flexibility index (Phi) is 8.57. The molecule has 0 atom stereocenters. The SMILES string of the molecule is CCOC(=O)c1ccc(-c2ccc(C3(NC(=O)/C(C#N)=C/c4ncc(Br)cc4Br)CCCC3)cc2)cc1. The maximum absolute atomic E-state index is 13.2. The first-order valence-corrected chi connectivity index (χ1v) is 13.6. The van der Waals surface area contributed by atoms with Crippen molar-refractivity contribution in [1.29, 1.82) is 5.26 Å². The highest BCUT2D eigenvalue weighted by Crippen LogP contribution is 2.39. The van der Waals surface area contributed by atoms with E-state index in [0.29, 0.717) is 22.3 Å². The number of aromatic nitrogens is 1. The molecule has 0 saturated heterocycles. The Morgan fingerprint density at radius 3 is 2.27 bits per heavy atom. The number of ether oxygens (including phenoxy) is 1. The number of benzene rings is 2. The summed E-state index contributed by atoms with van der Waals surface area (Å²) in [7, 11) is 0. The van der Waals surface area contributed by atoms with Gasteiger partial charge in [-0.3, -0.25) is 9.78 Å². The summed E-state index contributed by atoms with van der Waals surface area (Å²) in [6.45, 7) is 2.12. The molecule has 6 nitrogen and oxygen atoms in total. The number of pyridine rings is 1. The maximum Gasteiger partial charge on any atom is 0.338 e. The van der Waals surface area contributed by atoms with Crippen LogP contribution in [-0.2, 0) is 15.1 Å². The lowest BCUT2D eigenvalue weighted by atomic mass is 9.86. The smallest absolute Gasteiger partial charge is 0.338 e. The van der Waals surface area contributed by atoms with Gasteiger partial charge in [-0.2, -0.15) is 5.26 Å². The molecule has 1 aromatic heterocycles. The van der Waals surface area contributed by atoms with Crippen LogP contribution in [0, 0.1) is 11.3 Å². The van der Waals surface area contributed by atoms with E-state index in [1.165, 1.54) is 6.08 Å². The van der Waals surface area contributed by atoms with E-state index in [0.717, 1.165) is 46.8 Å². The summed E-state index contributed by atoms with van der Waals surface area (Å²) in [4.78, 5) is 29.4.